The van der Waals surface area contributed by atoms with Crippen LogP contribution >= 0.6 is 0 Å². The zero-order chi connectivity index (χ0) is 44.5. The van der Waals surface area contributed by atoms with Gasteiger partial charge in [-0.15, -0.1) is 0 Å². The van der Waals surface area contributed by atoms with Crippen molar-refractivity contribution in [1.29, 1.82) is 0 Å². The van der Waals surface area contributed by atoms with E-state index in [2.05, 4.69) is 256 Å². The largest absolute Gasteiger partial charge is 0.310 e. The molecule has 10 rings (SSSR count). The fourth-order valence-electron chi connectivity index (χ4n) is 9.70. The summed E-state index contributed by atoms with van der Waals surface area (Å²) in [6.07, 6.45) is 0. The third-order valence-corrected chi connectivity index (χ3v) is 17.3. The monoisotopic (exact) mass is 863 g/mol. The molecule has 3 nitrogen and oxygen atoms in total. The molecule has 0 saturated heterocycles. The number of aromatic nitrogens is 1. The molecule has 0 unspecified atom stereocenters. The Morgan fingerprint density at radius 3 is 1.09 bits per heavy atom. The smallest absolute Gasteiger partial charge is 0.0775 e. The fourth-order valence-corrected chi connectivity index (χ4v) is 12.0. The lowest BCUT2D eigenvalue weighted by molar-refractivity contribution is 1.17. The second-order valence-corrected chi connectivity index (χ2v) is 29.8. The number of hydrogen-bond donors (Lipinski definition) is 0. The first kappa shape index (κ1) is 41.4. The van der Waals surface area contributed by atoms with E-state index in [0.717, 1.165) is 28.4 Å². The van der Waals surface area contributed by atoms with Crippen molar-refractivity contribution in [2.24, 2.45) is 0 Å². The van der Waals surface area contributed by atoms with Crippen LogP contribution in [0.3, 0.4) is 0 Å². The highest BCUT2D eigenvalue weighted by molar-refractivity contribution is 6.89. The number of para-hydroxylation sites is 2. The Hall–Kier alpha value is -6.67. The Morgan fingerprint density at radius 2 is 0.719 bits per heavy atom. The highest BCUT2D eigenvalue weighted by Crippen LogP contribution is 2.50. The predicted octanol–water partition coefficient (Wildman–Crippen LogP) is 16.0. The number of aryl methyl sites for hydroxylation is 3. The van der Waals surface area contributed by atoms with E-state index in [1.54, 1.807) is 0 Å². The van der Waals surface area contributed by atoms with E-state index in [4.69, 9.17) is 0 Å². The molecule has 0 bridgehead atoms. The van der Waals surface area contributed by atoms with Crippen LogP contribution in [0.4, 0.5) is 34.1 Å². The van der Waals surface area contributed by atoms with Crippen LogP contribution in [0.15, 0.2) is 182 Å². The molecule has 0 atom stereocenters. The van der Waals surface area contributed by atoms with Gasteiger partial charge in [-0.3, -0.25) is 0 Å². The van der Waals surface area contributed by atoms with Gasteiger partial charge in [0.15, 0.2) is 0 Å². The van der Waals surface area contributed by atoms with Crippen molar-refractivity contribution in [1.82, 2.24) is 4.57 Å². The zero-order valence-corrected chi connectivity index (χ0v) is 40.7. The highest BCUT2D eigenvalue weighted by Gasteiger charge is 2.27. The van der Waals surface area contributed by atoms with Gasteiger partial charge in [0.2, 0.25) is 0 Å². The second kappa shape index (κ2) is 15.8. The van der Waals surface area contributed by atoms with Crippen LogP contribution in [0, 0.1) is 20.8 Å². The first-order valence-corrected chi connectivity index (χ1v) is 29.7. The molecular weight excluding hydrogens is 807 g/mol. The first-order valence-electron chi connectivity index (χ1n) is 22.7. The van der Waals surface area contributed by atoms with Gasteiger partial charge >= 0.3 is 0 Å². The molecule has 1 aromatic heterocycles. The van der Waals surface area contributed by atoms with Gasteiger partial charge in [-0.05, 0) is 103 Å². The summed E-state index contributed by atoms with van der Waals surface area (Å²) in [4.78, 5) is 4.99. The molecule has 316 valence electrons. The summed E-state index contributed by atoms with van der Waals surface area (Å²) in [5.74, 6) is 0. The van der Waals surface area contributed by atoms with E-state index in [1.807, 2.05) is 0 Å². The maximum Gasteiger partial charge on any atom is 0.0775 e. The van der Waals surface area contributed by atoms with Crippen LogP contribution in [-0.2, 0) is 0 Å². The summed E-state index contributed by atoms with van der Waals surface area (Å²) < 4.78 is 2.53. The van der Waals surface area contributed by atoms with Gasteiger partial charge in [0.05, 0.1) is 38.6 Å². The minimum Gasteiger partial charge on any atom is -0.310 e. The molecule has 0 aliphatic carbocycles. The van der Waals surface area contributed by atoms with Crippen molar-refractivity contribution in [3.63, 3.8) is 0 Å². The highest BCUT2D eigenvalue weighted by atomic mass is 28.3. The molecular formula is C59H57N3Si2. The third-order valence-electron chi connectivity index (χ3n) is 13.2. The topological polar surface area (TPSA) is 11.4 Å². The lowest BCUT2D eigenvalue weighted by Crippen LogP contribution is -2.37. The van der Waals surface area contributed by atoms with Crippen molar-refractivity contribution in [3.8, 4) is 5.69 Å². The van der Waals surface area contributed by atoms with Gasteiger partial charge in [-0.2, -0.15) is 0 Å². The van der Waals surface area contributed by atoms with Gasteiger partial charge in [0, 0.05) is 50.0 Å². The van der Waals surface area contributed by atoms with Crippen molar-refractivity contribution >= 4 is 104 Å². The van der Waals surface area contributed by atoms with E-state index in [-0.39, 0.29) is 0 Å². The standard InChI is InChI=1S/C59H57N3Si2/c1-40-26-28-43(29-27-40)62-56-38-54(60(52-24-16-10-18-41(52)2)44-30-34-46(35-31-44)63(4,5)6)48-20-12-14-22-50(48)58(56)59-51-23-15-13-21-49(51)55(39-57(59)62)61(53-25-17-11-19-42(53)3)45-32-36-47(37-33-45)64(7,8)9/h10-39H,1-9H3. The van der Waals surface area contributed by atoms with Crippen molar-refractivity contribution in [2.45, 2.75) is 60.1 Å². The lowest BCUT2D eigenvalue weighted by Gasteiger charge is -2.29. The van der Waals surface area contributed by atoms with Crippen LogP contribution in [0.1, 0.15) is 16.7 Å². The Morgan fingerprint density at radius 1 is 0.359 bits per heavy atom. The molecule has 64 heavy (non-hydrogen) atoms. The first-order chi connectivity index (χ1) is 30.8. The van der Waals surface area contributed by atoms with Crippen LogP contribution in [0.2, 0.25) is 39.3 Å². The quantitative estimate of drug-likeness (QED) is 0.134. The van der Waals surface area contributed by atoms with E-state index in [0.29, 0.717) is 0 Å². The summed E-state index contributed by atoms with van der Waals surface area (Å²) in [6, 6.07) is 68.6. The lowest BCUT2D eigenvalue weighted by atomic mass is 9.96. The Kier molecular flexibility index (Phi) is 10.2. The van der Waals surface area contributed by atoms with E-state index in [1.165, 1.54) is 81.8 Å². The molecule has 0 aliphatic rings. The predicted molar refractivity (Wildman–Crippen MR) is 285 cm³/mol. The molecule has 0 spiro atoms. The summed E-state index contributed by atoms with van der Waals surface area (Å²) >= 11 is 0. The zero-order valence-electron chi connectivity index (χ0n) is 38.7. The minimum absolute atomic E-state index is 1.14. The van der Waals surface area contributed by atoms with Crippen molar-refractivity contribution < 1.29 is 0 Å². The third kappa shape index (κ3) is 7.13. The Bertz CT molecular complexity index is 3160. The number of hydrogen-bond acceptors (Lipinski definition) is 2. The molecule has 0 N–H and O–H groups in total. The minimum atomic E-state index is -1.52. The summed E-state index contributed by atoms with van der Waals surface area (Å²) in [5.41, 5.74) is 14.1. The van der Waals surface area contributed by atoms with Crippen LogP contribution in [-0.4, -0.2) is 20.7 Å². The molecule has 0 amide bonds. The maximum absolute atomic E-state index is 2.53. The number of anilines is 6. The second-order valence-electron chi connectivity index (χ2n) is 19.7. The van der Waals surface area contributed by atoms with Crippen LogP contribution in [0.5, 0.6) is 0 Å². The average Bonchev–Trinajstić information content (AvgIpc) is 3.62. The molecule has 0 fully saturated rings. The van der Waals surface area contributed by atoms with Crippen molar-refractivity contribution in [2.75, 3.05) is 9.80 Å². The number of rotatable bonds is 9. The van der Waals surface area contributed by atoms with E-state index in [9.17, 15) is 0 Å². The summed E-state index contributed by atoms with van der Waals surface area (Å²) in [7, 11) is -3.05. The molecule has 0 saturated carbocycles. The molecule has 1 heterocycles. The molecule has 5 heteroatoms. The van der Waals surface area contributed by atoms with E-state index >= 15 is 0 Å². The summed E-state index contributed by atoms with van der Waals surface area (Å²) in [6.45, 7) is 21.2. The Balaban J connectivity index is 1.35. The molecule has 0 radical (unpaired) electrons. The number of nitrogens with zero attached hydrogens (tertiary/aromatic N) is 3. The van der Waals surface area contributed by atoms with Gasteiger partial charge < -0.3 is 14.4 Å². The maximum atomic E-state index is 2.53. The molecule has 0 aliphatic heterocycles. The van der Waals surface area contributed by atoms with Gasteiger partial charge in [0.1, 0.15) is 0 Å². The average molecular weight is 864 g/mol. The number of fused-ring (bicyclic) bond motifs is 7. The molecule has 10 aromatic rings. The van der Waals surface area contributed by atoms with Crippen LogP contribution in [0.25, 0.3) is 49.0 Å². The normalized spacial score (nSPS) is 12.1. The van der Waals surface area contributed by atoms with Gasteiger partial charge in [0.25, 0.3) is 0 Å². The Labute approximate surface area is 380 Å². The molecule has 9 aromatic carbocycles. The SMILES string of the molecule is Cc1ccc(-n2c3cc(N(c4ccc([Si](C)(C)C)cc4)c4ccccc4C)c4ccccc4c3c3c4ccccc4c(N(c4ccc([Si](C)(C)C)cc4)c4ccccc4C)cc32)cc1. The van der Waals surface area contributed by atoms with Gasteiger partial charge in [-0.25, -0.2) is 0 Å². The fraction of sp³-hybridized carbons (Fsp3) is 0.153. The number of benzene rings is 9. The van der Waals surface area contributed by atoms with Crippen LogP contribution < -0.4 is 20.2 Å². The summed E-state index contributed by atoms with van der Waals surface area (Å²) in [5, 5.41) is 10.3. The van der Waals surface area contributed by atoms with Gasteiger partial charge in [-0.1, -0.05) is 177 Å². The van der Waals surface area contributed by atoms with E-state index < -0.39 is 16.1 Å². The van der Waals surface area contributed by atoms with Crippen molar-refractivity contribution in [3.05, 3.63) is 199 Å².